The highest BCUT2D eigenvalue weighted by atomic mass is 32.2. The molecule has 0 heterocycles. The molecule has 8 heteroatoms. The fourth-order valence-electron chi connectivity index (χ4n) is 2.62. The van der Waals surface area contributed by atoms with E-state index in [0.29, 0.717) is 28.4 Å². The van der Waals surface area contributed by atoms with Crippen molar-refractivity contribution in [3.63, 3.8) is 0 Å². The van der Waals surface area contributed by atoms with Crippen molar-refractivity contribution in [2.45, 2.75) is 4.90 Å². The number of hydrogen-bond donors (Lipinski definition) is 2. The van der Waals surface area contributed by atoms with E-state index < -0.39 is 10.0 Å². The van der Waals surface area contributed by atoms with Crippen LogP contribution >= 0.6 is 0 Å². The molecule has 0 bridgehead atoms. The van der Waals surface area contributed by atoms with Gasteiger partial charge >= 0.3 is 0 Å². The summed E-state index contributed by atoms with van der Waals surface area (Å²) in [6.45, 7) is 0. The van der Waals surface area contributed by atoms with Gasteiger partial charge in [0.25, 0.3) is 15.9 Å². The Bertz CT molecular complexity index is 1110. The van der Waals surface area contributed by atoms with Gasteiger partial charge in [0, 0.05) is 11.3 Å². The summed E-state index contributed by atoms with van der Waals surface area (Å²) in [5, 5.41) is 2.70. The van der Waals surface area contributed by atoms with Crippen molar-refractivity contribution >= 4 is 27.3 Å². The minimum absolute atomic E-state index is 0.0101. The zero-order valence-corrected chi connectivity index (χ0v) is 16.7. The highest BCUT2D eigenvalue weighted by Crippen LogP contribution is 2.27. The number of methoxy groups -OCH3 is 2. The third-order valence-corrected chi connectivity index (χ3v) is 5.47. The summed E-state index contributed by atoms with van der Waals surface area (Å²) in [6.07, 6.45) is 0. The Morgan fingerprint density at radius 1 is 0.862 bits per heavy atom. The number of sulfonamides is 1. The Labute approximate surface area is 169 Å². The predicted molar refractivity (Wildman–Crippen MR) is 111 cm³/mol. The van der Waals surface area contributed by atoms with Crippen LogP contribution in [0.25, 0.3) is 0 Å². The van der Waals surface area contributed by atoms with E-state index in [1.807, 2.05) is 0 Å². The van der Waals surface area contributed by atoms with Gasteiger partial charge in [-0.1, -0.05) is 18.2 Å². The molecule has 29 heavy (non-hydrogen) atoms. The van der Waals surface area contributed by atoms with Crippen LogP contribution in [0, 0.1) is 0 Å². The van der Waals surface area contributed by atoms with Crippen LogP contribution in [0.4, 0.5) is 11.4 Å². The van der Waals surface area contributed by atoms with Gasteiger partial charge in [-0.15, -0.1) is 0 Å². The SMILES string of the molecule is COc1ccc(C(=O)Nc2cccc(S(=O)(=O)Nc3ccccc3OC)c2)cc1. The highest BCUT2D eigenvalue weighted by Gasteiger charge is 2.17. The summed E-state index contributed by atoms with van der Waals surface area (Å²) < 4.78 is 38.3. The number of hydrogen-bond acceptors (Lipinski definition) is 5. The molecule has 0 spiro atoms. The van der Waals surface area contributed by atoms with E-state index in [1.165, 1.54) is 19.2 Å². The Balaban J connectivity index is 1.80. The molecule has 0 unspecified atom stereocenters. The van der Waals surface area contributed by atoms with E-state index in [-0.39, 0.29) is 10.8 Å². The Morgan fingerprint density at radius 3 is 2.28 bits per heavy atom. The molecular formula is C21H20N2O5S. The molecule has 0 aliphatic heterocycles. The molecular weight excluding hydrogens is 392 g/mol. The summed E-state index contributed by atoms with van der Waals surface area (Å²) in [5.41, 5.74) is 1.10. The lowest BCUT2D eigenvalue weighted by molar-refractivity contribution is 0.102. The van der Waals surface area contributed by atoms with Crippen LogP contribution in [-0.4, -0.2) is 28.5 Å². The second-order valence-corrected chi connectivity index (χ2v) is 7.70. The smallest absolute Gasteiger partial charge is 0.262 e. The maximum atomic E-state index is 12.8. The molecule has 0 saturated heterocycles. The topological polar surface area (TPSA) is 93.7 Å². The Hall–Kier alpha value is -3.52. The molecule has 0 radical (unpaired) electrons. The fraction of sp³-hybridized carbons (Fsp3) is 0.0952. The van der Waals surface area contributed by atoms with E-state index in [0.717, 1.165) is 0 Å². The summed E-state index contributed by atoms with van der Waals surface area (Å²) in [6, 6.07) is 19.3. The van der Waals surface area contributed by atoms with Gasteiger partial charge in [0.2, 0.25) is 0 Å². The summed E-state index contributed by atoms with van der Waals surface area (Å²) in [5.74, 6) is 0.678. The van der Waals surface area contributed by atoms with E-state index in [9.17, 15) is 13.2 Å². The monoisotopic (exact) mass is 412 g/mol. The number of para-hydroxylation sites is 2. The van der Waals surface area contributed by atoms with Crippen LogP contribution in [0.15, 0.2) is 77.7 Å². The van der Waals surface area contributed by atoms with E-state index in [2.05, 4.69) is 10.0 Å². The van der Waals surface area contributed by atoms with Crippen LogP contribution in [0.2, 0.25) is 0 Å². The molecule has 1 amide bonds. The molecule has 7 nitrogen and oxygen atoms in total. The average Bonchev–Trinajstić information content (AvgIpc) is 2.74. The number of benzene rings is 3. The van der Waals surface area contributed by atoms with Gasteiger partial charge in [-0.25, -0.2) is 8.42 Å². The predicted octanol–water partition coefficient (Wildman–Crippen LogP) is 3.76. The highest BCUT2D eigenvalue weighted by molar-refractivity contribution is 7.92. The Kier molecular flexibility index (Phi) is 6.04. The van der Waals surface area contributed by atoms with Crippen LogP contribution < -0.4 is 19.5 Å². The zero-order valence-electron chi connectivity index (χ0n) is 15.9. The molecule has 3 aromatic rings. The summed E-state index contributed by atoms with van der Waals surface area (Å²) >= 11 is 0. The van der Waals surface area contributed by atoms with E-state index in [1.54, 1.807) is 67.8 Å². The lowest BCUT2D eigenvalue weighted by Crippen LogP contribution is -2.15. The molecule has 3 aromatic carbocycles. The van der Waals surface area contributed by atoms with Crippen molar-refractivity contribution in [3.05, 3.63) is 78.4 Å². The van der Waals surface area contributed by atoms with Crippen LogP contribution in [-0.2, 0) is 10.0 Å². The zero-order chi connectivity index (χ0) is 20.9. The summed E-state index contributed by atoms with van der Waals surface area (Å²) in [4.78, 5) is 12.4. The van der Waals surface area contributed by atoms with E-state index in [4.69, 9.17) is 9.47 Å². The van der Waals surface area contributed by atoms with Gasteiger partial charge < -0.3 is 14.8 Å². The van der Waals surface area contributed by atoms with Gasteiger partial charge in [0.05, 0.1) is 24.8 Å². The first-order valence-electron chi connectivity index (χ1n) is 8.64. The normalized spacial score (nSPS) is 10.8. The van der Waals surface area contributed by atoms with Crippen molar-refractivity contribution < 1.29 is 22.7 Å². The third-order valence-electron chi connectivity index (χ3n) is 4.11. The number of ether oxygens (including phenoxy) is 2. The van der Waals surface area contributed by atoms with E-state index >= 15 is 0 Å². The summed E-state index contributed by atoms with van der Waals surface area (Å²) in [7, 11) is -0.873. The van der Waals surface area contributed by atoms with Crippen molar-refractivity contribution in [1.29, 1.82) is 0 Å². The number of amides is 1. The lowest BCUT2D eigenvalue weighted by atomic mass is 10.2. The lowest BCUT2D eigenvalue weighted by Gasteiger charge is -2.12. The minimum atomic E-state index is -3.88. The standard InChI is InChI=1S/C21H20N2O5S/c1-27-17-12-10-15(11-13-17)21(24)22-16-6-5-7-18(14-16)29(25,26)23-19-8-3-4-9-20(19)28-2/h3-14,23H,1-2H3,(H,22,24). The molecule has 0 fully saturated rings. The second kappa shape index (κ2) is 8.66. The molecule has 0 aliphatic rings. The quantitative estimate of drug-likeness (QED) is 0.616. The van der Waals surface area contributed by atoms with Crippen molar-refractivity contribution in [1.82, 2.24) is 0 Å². The van der Waals surface area contributed by atoms with Crippen LogP contribution in [0.5, 0.6) is 11.5 Å². The second-order valence-electron chi connectivity index (χ2n) is 6.02. The molecule has 0 atom stereocenters. The number of carbonyl (C=O) groups excluding carboxylic acids is 1. The number of nitrogens with one attached hydrogen (secondary N) is 2. The molecule has 3 rings (SSSR count). The average molecular weight is 412 g/mol. The molecule has 0 saturated carbocycles. The molecule has 0 aromatic heterocycles. The number of rotatable bonds is 7. The van der Waals surface area contributed by atoms with Gasteiger partial charge in [-0.2, -0.15) is 0 Å². The Morgan fingerprint density at radius 2 is 1.59 bits per heavy atom. The first kappa shape index (κ1) is 20.2. The number of carbonyl (C=O) groups is 1. The third kappa shape index (κ3) is 4.85. The van der Waals surface area contributed by atoms with Gasteiger partial charge in [0.1, 0.15) is 11.5 Å². The maximum Gasteiger partial charge on any atom is 0.262 e. The first-order chi connectivity index (χ1) is 13.9. The maximum absolute atomic E-state index is 12.8. The fourth-order valence-corrected chi connectivity index (χ4v) is 3.74. The largest absolute Gasteiger partial charge is 0.497 e. The van der Waals surface area contributed by atoms with Gasteiger partial charge in [-0.3, -0.25) is 9.52 Å². The van der Waals surface area contributed by atoms with Crippen molar-refractivity contribution in [2.75, 3.05) is 24.3 Å². The molecule has 150 valence electrons. The molecule has 2 N–H and O–H groups in total. The van der Waals surface area contributed by atoms with Crippen LogP contribution in [0.1, 0.15) is 10.4 Å². The molecule has 0 aliphatic carbocycles. The van der Waals surface area contributed by atoms with Gasteiger partial charge in [-0.05, 0) is 54.6 Å². The van der Waals surface area contributed by atoms with Gasteiger partial charge in [0.15, 0.2) is 0 Å². The minimum Gasteiger partial charge on any atom is -0.497 e. The van der Waals surface area contributed by atoms with Crippen molar-refractivity contribution in [2.24, 2.45) is 0 Å². The van der Waals surface area contributed by atoms with Crippen LogP contribution in [0.3, 0.4) is 0 Å². The number of anilines is 2. The first-order valence-corrected chi connectivity index (χ1v) is 10.1. The van der Waals surface area contributed by atoms with Crippen molar-refractivity contribution in [3.8, 4) is 11.5 Å².